The molecule has 0 N–H and O–H groups in total. The van der Waals surface area contributed by atoms with Gasteiger partial charge in [0.1, 0.15) is 0 Å². The SMILES string of the molecule is CC1CCCC2(C)C([C@H](C)C/C=C(\F)S(=O)C(C)(C)C)=CCC12. The minimum absolute atomic E-state index is 0.296. The van der Waals surface area contributed by atoms with Crippen LogP contribution in [0.5, 0.6) is 0 Å². The maximum atomic E-state index is 14.2. The number of hydrogen-bond donors (Lipinski definition) is 0. The van der Waals surface area contributed by atoms with Crippen LogP contribution >= 0.6 is 0 Å². The molecule has 2 rings (SSSR count). The minimum Gasteiger partial charge on any atom is -0.251 e. The minimum atomic E-state index is -1.55. The highest BCUT2D eigenvalue weighted by atomic mass is 32.2. The molecule has 0 heterocycles. The largest absolute Gasteiger partial charge is 0.251 e. The molecule has 0 saturated heterocycles. The maximum Gasteiger partial charge on any atom is 0.183 e. The van der Waals surface area contributed by atoms with Crippen molar-refractivity contribution in [1.29, 1.82) is 0 Å². The van der Waals surface area contributed by atoms with Gasteiger partial charge in [0.05, 0.1) is 10.8 Å². The molecule has 4 unspecified atom stereocenters. The predicted molar refractivity (Wildman–Crippen MR) is 98.2 cm³/mol. The summed E-state index contributed by atoms with van der Waals surface area (Å²) >= 11 is 0. The molecule has 0 bridgehead atoms. The molecule has 23 heavy (non-hydrogen) atoms. The van der Waals surface area contributed by atoms with Gasteiger partial charge in [-0.1, -0.05) is 45.3 Å². The Morgan fingerprint density at radius 1 is 1.52 bits per heavy atom. The molecule has 5 atom stereocenters. The quantitative estimate of drug-likeness (QED) is 0.561. The third kappa shape index (κ3) is 3.81. The smallest absolute Gasteiger partial charge is 0.183 e. The van der Waals surface area contributed by atoms with Crippen molar-refractivity contribution in [2.24, 2.45) is 23.2 Å². The molecule has 0 radical (unpaired) electrons. The second-order valence-electron chi connectivity index (χ2n) is 8.81. The van der Waals surface area contributed by atoms with E-state index in [0.717, 1.165) is 11.8 Å². The van der Waals surface area contributed by atoms with Gasteiger partial charge in [0.15, 0.2) is 5.16 Å². The lowest BCUT2D eigenvalue weighted by atomic mass is 9.60. The molecule has 0 aromatic carbocycles. The van der Waals surface area contributed by atoms with Crippen LogP contribution in [0.3, 0.4) is 0 Å². The summed E-state index contributed by atoms with van der Waals surface area (Å²) in [5.74, 6) is 1.87. The van der Waals surface area contributed by atoms with Crippen LogP contribution in [0, 0.1) is 23.2 Å². The van der Waals surface area contributed by atoms with Crippen molar-refractivity contribution in [1.82, 2.24) is 0 Å². The third-order valence-corrected chi connectivity index (χ3v) is 7.64. The first-order valence-corrected chi connectivity index (χ1v) is 10.2. The second kappa shape index (κ2) is 6.82. The van der Waals surface area contributed by atoms with Crippen LogP contribution in [0.15, 0.2) is 22.9 Å². The first-order valence-electron chi connectivity index (χ1n) is 9.05. The Morgan fingerprint density at radius 2 is 2.17 bits per heavy atom. The Hall–Kier alpha value is -0.440. The molecule has 0 aromatic rings. The first kappa shape index (κ1) is 18.9. The number of rotatable bonds is 4. The summed E-state index contributed by atoms with van der Waals surface area (Å²) in [6, 6.07) is 0. The molecule has 132 valence electrons. The normalized spacial score (nSPS) is 34.7. The summed E-state index contributed by atoms with van der Waals surface area (Å²) in [5, 5.41) is -0.457. The lowest BCUT2D eigenvalue weighted by Crippen LogP contribution is -2.35. The van der Waals surface area contributed by atoms with Crippen LogP contribution in [0.1, 0.15) is 73.6 Å². The fourth-order valence-corrected chi connectivity index (χ4v) is 5.51. The van der Waals surface area contributed by atoms with E-state index < -0.39 is 20.7 Å². The van der Waals surface area contributed by atoms with Gasteiger partial charge >= 0.3 is 0 Å². The van der Waals surface area contributed by atoms with Gasteiger partial charge in [0.2, 0.25) is 0 Å². The van der Waals surface area contributed by atoms with Crippen molar-refractivity contribution in [2.75, 3.05) is 0 Å². The van der Waals surface area contributed by atoms with Crippen LogP contribution in [0.4, 0.5) is 4.39 Å². The van der Waals surface area contributed by atoms with E-state index in [9.17, 15) is 8.60 Å². The second-order valence-corrected chi connectivity index (χ2v) is 11.0. The molecule has 0 aromatic heterocycles. The molecular weight excluding hydrogens is 307 g/mol. The van der Waals surface area contributed by atoms with E-state index in [1.54, 1.807) is 6.08 Å². The van der Waals surface area contributed by atoms with Gasteiger partial charge < -0.3 is 0 Å². The van der Waals surface area contributed by atoms with Crippen LogP contribution < -0.4 is 0 Å². The van der Waals surface area contributed by atoms with Gasteiger partial charge in [-0.2, -0.15) is 4.39 Å². The number of hydrogen-bond acceptors (Lipinski definition) is 1. The summed E-state index contributed by atoms with van der Waals surface area (Å²) in [5.41, 5.74) is 1.81. The van der Waals surface area contributed by atoms with Gasteiger partial charge in [-0.3, -0.25) is 4.21 Å². The van der Waals surface area contributed by atoms with Crippen molar-refractivity contribution < 1.29 is 8.60 Å². The van der Waals surface area contributed by atoms with Crippen molar-refractivity contribution in [3.8, 4) is 0 Å². The fourth-order valence-electron chi connectivity index (χ4n) is 4.67. The lowest BCUT2D eigenvalue weighted by Gasteiger charge is -2.44. The Kier molecular flexibility index (Phi) is 5.60. The standard InChI is InChI=1S/C20H33FOS/c1-14-8-7-13-20(6)16(14)10-11-17(20)15(2)9-12-18(21)23(22)19(3,4)5/h11-12,14-16H,7-10,13H2,1-6H3/b18-12+/t14?,15-,16?,20?,23?/m1/s1. The zero-order chi connectivity index (χ0) is 17.4. The van der Waals surface area contributed by atoms with Crippen LogP contribution in [0.2, 0.25) is 0 Å². The van der Waals surface area contributed by atoms with Gasteiger partial charge in [-0.25, -0.2) is 0 Å². The van der Waals surface area contributed by atoms with Gasteiger partial charge in [-0.05, 0) is 69.3 Å². The van der Waals surface area contributed by atoms with Gasteiger partial charge in [0.25, 0.3) is 0 Å². The zero-order valence-corrected chi connectivity index (χ0v) is 16.4. The summed E-state index contributed by atoms with van der Waals surface area (Å²) in [4.78, 5) is 0. The molecule has 0 spiro atoms. The van der Waals surface area contributed by atoms with E-state index in [1.165, 1.54) is 31.3 Å². The molecule has 1 fully saturated rings. The molecule has 0 aliphatic heterocycles. The molecule has 2 aliphatic rings. The molecule has 0 amide bonds. The summed E-state index contributed by atoms with van der Waals surface area (Å²) in [6.07, 6.45) is 9.72. The van der Waals surface area contributed by atoms with E-state index in [-0.39, 0.29) is 0 Å². The van der Waals surface area contributed by atoms with Crippen LogP contribution in [0.25, 0.3) is 0 Å². The van der Waals surface area contributed by atoms with Gasteiger partial charge in [-0.15, -0.1) is 0 Å². The third-order valence-electron chi connectivity index (χ3n) is 6.01. The molecule has 3 heteroatoms. The van der Waals surface area contributed by atoms with E-state index in [1.807, 2.05) is 20.8 Å². The summed E-state index contributed by atoms with van der Waals surface area (Å²) in [6.45, 7) is 12.4. The van der Waals surface area contributed by atoms with Crippen LogP contribution in [-0.2, 0) is 10.8 Å². The topological polar surface area (TPSA) is 17.1 Å². The number of fused-ring (bicyclic) bond motifs is 1. The Labute approximate surface area is 144 Å². The van der Waals surface area contributed by atoms with Crippen molar-refractivity contribution in [3.05, 3.63) is 22.9 Å². The highest BCUT2D eigenvalue weighted by Gasteiger charge is 2.46. The fraction of sp³-hybridized carbons (Fsp3) is 0.800. The summed E-state index contributed by atoms with van der Waals surface area (Å²) < 4.78 is 25.7. The van der Waals surface area contributed by atoms with E-state index in [2.05, 4.69) is 26.8 Å². The Bertz CT molecular complexity index is 528. The average Bonchev–Trinajstić information content (AvgIpc) is 2.81. The van der Waals surface area contributed by atoms with Crippen molar-refractivity contribution in [2.45, 2.75) is 78.4 Å². The number of halogens is 1. The van der Waals surface area contributed by atoms with Crippen LogP contribution in [-0.4, -0.2) is 8.96 Å². The van der Waals surface area contributed by atoms with E-state index >= 15 is 0 Å². The zero-order valence-electron chi connectivity index (χ0n) is 15.6. The van der Waals surface area contributed by atoms with Crippen molar-refractivity contribution in [3.63, 3.8) is 0 Å². The Balaban J connectivity index is 2.07. The highest BCUT2D eigenvalue weighted by Crippen LogP contribution is 2.56. The predicted octanol–water partition coefficient (Wildman–Crippen LogP) is 6.14. The molecule has 1 nitrogen and oxygen atoms in total. The van der Waals surface area contributed by atoms with Crippen molar-refractivity contribution >= 4 is 10.8 Å². The molecule has 1 saturated carbocycles. The van der Waals surface area contributed by atoms with E-state index in [4.69, 9.17) is 0 Å². The summed E-state index contributed by atoms with van der Waals surface area (Å²) in [7, 11) is -1.55. The first-order chi connectivity index (χ1) is 10.6. The number of allylic oxidation sites excluding steroid dienone is 3. The Morgan fingerprint density at radius 3 is 2.78 bits per heavy atom. The van der Waals surface area contributed by atoms with E-state index in [0.29, 0.717) is 17.8 Å². The monoisotopic (exact) mass is 340 g/mol. The lowest BCUT2D eigenvalue weighted by molar-refractivity contribution is 0.111. The maximum absolute atomic E-state index is 14.2. The average molecular weight is 341 g/mol. The molecule has 2 aliphatic carbocycles. The molecular formula is C20H33FOS. The highest BCUT2D eigenvalue weighted by molar-refractivity contribution is 7.90. The van der Waals surface area contributed by atoms with Gasteiger partial charge in [0, 0.05) is 4.75 Å².